The Hall–Kier alpha value is -1.83. The molecule has 0 aliphatic heterocycles. The van der Waals surface area contributed by atoms with Gasteiger partial charge in [0.25, 0.3) is 0 Å². The summed E-state index contributed by atoms with van der Waals surface area (Å²) in [4.78, 5) is 11.6. The maximum absolute atomic E-state index is 11.6. The molecular formula is C16H16O2. The van der Waals surface area contributed by atoms with Gasteiger partial charge in [0.15, 0.2) is 0 Å². The van der Waals surface area contributed by atoms with Crippen LogP contribution in [0.15, 0.2) is 42.5 Å². The van der Waals surface area contributed by atoms with Gasteiger partial charge >= 0.3 is 5.97 Å². The Bertz CT molecular complexity index is 642. The first-order valence-corrected chi connectivity index (χ1v) is 6.20. The van der Waals surface area contributed by atoms with Gasteiger partial charge in [0.1, 0.15) is 0 Å². The van der Waals surface area contributed by atoms with Crippen molar-refractivity contribution in [1.82, 2.24) is 0 Å². The molecule has 1 unspecified atom stereocenters. The Morgan fingerprint density at radius 2 is 1.72 bits per heavy atom. The molecule has 1 atom stereocenters. The number of hydrogen-bond donors (Lipinski definition) is 1. The van der Waals surface area contributed by atoms with Gasteiger partial charge in [-0.25, -0.2) is 0 Å². The number of carboxylic acid groups (broad SMARTS) is 1. The van der Waals surface area contributed by atoms with Crippen LogP contribution >= 0.6 is 0 Å². The maximum atomic E-state index is 11.6. The molecule has 1 saturated carbocycles. The maximum Gasteiger partial charge on any atom is 0.314 e. The number of carboxylic acids is 1. The van der Waals surface area contributed by atoms with Gasteiger partial charge in [0.05, 0.1) is 5.41 Å². The van der Waals surface area contributed by atoms with Crippen LogP contribution in [-0.4, -0.2) is 11.1 Å². The van der Waals surface area contributed by atoms with Crippen LogP contribution in [0.3, 0.4) is 0 Å². The lowest BCUT2D eigenvalue weighted by atomic mass is 9.87. The van der Waals surface area contributed by atoms with Crippen LogP contribution in [0.1, 0.15) is 25.8 Å². The topological polar surface area (TPSA) is 37.3 Å². The van der Waals surface area contributed by atoms with E-state index < -0.39 is 11.4 Å². The van der Waals surface area contributed by atoms with Crippen molar-refractivity contribution in [3.8, 4) is 0 Å². The molecule has 0 saturated heterocycles. The highest BCUT2D eigenvalue weighted by atomic mass is 16.4. The standard InChI is InChI=1S/C16H16O2/c1-15(2)10-16(15,14(17)18)13-8-7-11-5-3-4-6-12(11)9-13/h3-9H,10H2,1-2H3,(H,17,18). The third-order valence-corrected chi connectivity index (χ3v) is 4.34. The molecule has 1 aliphatic carbocycles. The van der Waals surface area contributed by atoms with Crippen molar-refractivity contribution in [2.45, 2.75) is 25.7 Å². The Labute approximate surface area is 106 Å². The summed E-state index contributed by atoms with van der Waals surface area (Å²) in [6.07, 6.45) is 0.716. The fraction of sp³-hybridized carbons (Fsp3) is 0.312. The Kier molecular flexibility index (Phi) is 2.10. The predicted molar refractivity (Wildman–Crippen MR) is 71.7 cm³/mol. The summed E-state index contributed by atoms with van der Waals surface area (Å²) in [5.41, 5.74) is 0.0805. The first-order chi connectivity index (χ1) is 8.47. The normalized spacial score (nSPS) is 25.0. The molecule has 18 heavy (non-hydrogen) atoms. The van der Waals surface area contributed by atoms with E-state index in [1.807, 2.05) is 56.3 Å². The molecule has 1 fully saturated rings. The number of hydrogen-bond acceptors (Lipinski definition) is 1. The lowest BCUT2D eigenvalue weighted by Crippen LogP contribution is -2.25. The first-order valence-electron chi connectivity index (χ1n) is 6.20. The Balaban J connectivity index is 2.18. The Morgan fingerprint density at radius 1 is 1.11 bits per heavy atom. The predicted octanol–water partition coefficient (Wildman–Crippen LogP) is 3.59. The van der Waals surface area contributed by atoms with Crippen molar-refractivity contribution < 1.29 is 9.90 Å². The molecule has 0 bridgehead atoms. The third kappa shape index (κ3) is 1.32. The van der Waals surface area contributed by atoms with Crippen LogP contribution in [0, 0.1) is 5.41 Å². The van der Waals surface area contributed by atoms with Crippen molar-refractivity contribution in [3.05, 3.63) is 48.0 Å². The Morgan fingerprint density at radius 3 is 2.28 bits per heavy atom. The molecule has 2 nitrogen and oxygen atoms in total. The molecular weight excluding hydrogens is 224 g/mol. The van der Waals surface area contributed by atoms with Crippen LogP contribution in [0.4, 0.5) is 0 Å². The number of rotatable bonds is 2. The van der Waals surface area contributed by atoms with Gasteiger partial charge in [0, 0.05) is 0 Å². The van der Waals surface area contributed by atoms with E-state index in [4.69, 9.17) is 0 Å². The second kappa shape index (κ2) is 3.35. The van der Waals surface area contributed by atoms with Crippen molar-refractivity contribution >= 4 is 16.7 Å². The minimum absolute atomic E-state index is 0.151. The van der Waals surface area contributed by atoms with E-state index in [0.29, 0.717) is 6.42 Å². The van der Waals surface area contributed by atoms with E-state index in [-0.39, 0.29) is 5.41 Å². The molecule has 2 aromatic rings. The first kappa shape index (κ1) is 11.3. The van der Waals surface area contributed by atoms with Gasteiger partial charge in [-0.05, 0) is 34.2 Å². The summed E-state index contributed by atoms with van der Waals surface area (Å²) in [7, 11) is 0. The van der Waals surface area contributed by atoms with Gasteiger partial charge in [-0.3, -0.25) is 4.79 Å². The summed E-state index contributed by atoms with van der Waals surface area (Å²) in [5, 5.41) is 11.8. The zero-order chi connectivity index (χ0) is 13.0. The molecule has 0 amide bonds. The molecule has 0 aromatic heterocycles. The van der Waals surface area contributed by atoms with E-state index in [0.717, 1.165) is 16.3 Å². The fourth-order valence-electron chi connectivity index (χ4n) is 3.05. The zero-order valence-corrected chi connectivity index (χ0v) is 10.6. The number of benzene rings is 2. The molecule has 0 heterocycles. The summed E-state index contributed by atoms with van der Waals surface area (Å²) in [6.45, 7) is 4.05. The number of fused-ring (bicyclic) bond motifs is 1. The van der Waals surface area contributed by atoms with E-state index in [1.165, 1.54) is 0 Å². The largest absolute Gasteiger partial charge is 0.481 e. The number of carbonyl (C=O) groups is 1. The fourth-order valence-corrected chi connectivity index (χ4v) is 3.05. The molecule has 92 valence electrons. The molecule has 0 spiro atoms. The SMILES string of the molecule is CC1(C)CC1(C(=O)O)c1ccc2ccccc2c1. The monoisotopic (exact) mass is 240 g/mol. The van der Waals surface area contributed by atoms with Crippen molar-refractivity contribution in [2.24, 2.45) is 5.41 Å². The molecule has 1 N–H and O–H groups in total. The number of aliphatic carboxylic acids is 1. The second-order valence-electron chi connectivity index (χ2n) is 5.83. The highest BCUT2D eigenvalue weighted by Crippen LogP contribution is 2.64. The minimum Gasteiger partial charge on any atom is -0.481 e. The van der Waals surface area contributed by atoms with E-state index in [2.05, 4.69) is 0 Å². The lowest BCUT2D eigenvalue weighted by Gasteiger charge is -2.16. The van der Waals surface area contributed by atoms with E-state index in [1.54, 1.807) is 0 Å². The summed E-state index contributed by atoms with van der Waals surface area (Å²) < 4.78 is 0. The highest BCUT2D eigenvalue weighted by molar-refractivity contribution is 5.90. The van der Waals surface area contributed by atoms with Gasteiger partial charge in [0.2, 0.25) is 0 Å². The average molecular weight is 240 g/mol. The van der Waals surface area contributed by atoms with Gasteiger partial charge in [-0.2, -0.15) is 0 Å². The summed E-state index contributed by atoms with van der Waals surface area (Å²) >= 11 is 0. The summed E-state index contributed by atoms with van der Waals surface area (Å²) in [5.74, 6) is -0.706. The lowest BCUT2D eigenvalue weighted by molar-refractivity contribution is -0.141. The van der Waals surface area contributed by atoms with Crippen LogP contribution < -0.4 is 0 Å². The van der Waals surface area contributed by atoms with Gasteiger partial charge < -0.3 is 5.11 Å². The van der Waals surface area contributed by atoms with Gasteiger partial charge in [-0.1, -0.05) is 50.2 Å². The van der Waals surface area contributed by atoms with Gasteiger partial charge in [-0.15, -0.1) is 0 Å². The minimum atomic E-state index is -0.706. The highest BCUT2D eigenvalue weighted by Gasteiger charge is 2.67. The molecule has 3 rings (SSSR count). The van der Waals surface area contributed by atoms with E-state index in [9.17, 15) is 9.90 Å². The van der Waals surface area contributed by atoms with Crippen LogP contribution in [0.25, 0.3) is 10.8 Å². The van der Waals surface area contributed by atoms with Crippen molar-refractivity contribution in [2.75, 3.05) is 0 Å². The van der Waals surface area contributed by atoms with Crippen molar-refractivity contribution in [1.29, 1.82) is 0 Å². The van der Waals surface area contributed by atoms with Crippen molar-refractivity contribution in [3.63, 3.8) is 0 Å². The van der Waals surface area contributed by atoms with Crippen LogP contribution in [0.5, 0.6) is 0 Å². The second-order valence-corrected chi connectivity index (χ2v) is 5.83. The van der Waals surface area contributed by atoms with E-state index >= 15 is 0 Å². The molecule has 2 aromatic carbocycles. The third-order valence-electron chi connectivity index (χ3n) is 4.34. The quantitative estimate of drug-likeness (QED) is 0.871. The molecule has 1 aliphatic rings. The zero-order valence-electron chi connectivity index (χ0n) is 10.6. The smallest absolute Gasteiger partial charge is 0.314 e. The van der Waals surface area contributed by atoms with Crippen LogP contribution in [0.2, 0.25) is 0 Å². The molecule has 2 heteroatoms. The average Bonchev–Trinajstić information content (AvgIpc) is 2.93. The van der Waals surface area contributed by atoms with Crippen LogP contribution in [-0.2, 0) is 10.2 Å². The summed E-state index contributed by atoms with van der Waals surface area (Å²) in [6, 6.07) is 14.1. The molecule has 0 radical (unpaired) electrons.